The lowest BCUT2D eigenvalue weighted by Gasteiger charge is -2.29. The summed E-state index contributed by atoms with van der Waals surface area (Å²) in [4.78, 5) is 13.9. The summed E-state index contributed by atoms with van der Waals surface area (Å²) in [6.07, 6.45) is 0.503. The Morgan fingerprint density at radius 1 is 1.33 bits per heavy atom. The fraction of sp³-hybridized carbons (Fsp3) is 0.462. The Morgan fingerprint density at radius 2 is 1.94 bits per heavy atom. The summed E-state index contributed by atoms with van der Waals surface area (Å²) in [6, 6.07) is 6.29. The fourth-order valence-electron chi connectivity index (χ4n) is 2.09. The monoisotopic (exact) mass is 249 g/mol. The van der Waals surface area contributed by atoms with Crippen molar-refractivity contribution in [1.82, 2.24) is 10.2 Å². The fourth-order valence-corrected chi connectivity index (χ4v) is 2.09. The second-order valence-corrected chi connectivity index (χ2v) is 4.55. The molecule has 0 unspecified atom stereocenters. The first kappa shape index (κ1) is 12.9. The Balaban J connectivity index is 1.92. The predicted octanol–water partition coefficient (Wildman–Crippen LogP) is -0.306. The Bertz CT molecular complexity index is 399. The molecule has 5 heteroatoms. The van der Waals surface area contributed by atoms with E-state index in [9.17, 15) is 9.90 Å². The minimum Gasteiger partial charge on any atom is -0.508 e. The number of benzene rings is 1. The first-order valence-corrected chi connectivity index (χ1v) is 6.20. The van der Waals surface area contributed by atoms with Crippen molar-refractivity contribution in [3.63, 3.8) is 0 Å². The largest absolute Gasteiger partial charge is 0.508 e. The van der Waals surface area contributed by atoms with Gasteiger partial charge in [0.05, 0.1) is 6.04 Å². The molecule has 1 atom stereocenters. The van der Waals surface area contributed by atoms with Gasteiger partial charge in [0, 0.05) is 26.2 Å². The van der Waals surface area contributed by atoms with E-state index in [1.807, 2.05) is 4.90 Å². The summed E-state index contributed by atoms with van der Waals surface area (Å²) in [5.74, 6) is 0.227. The molecule has 1 saturated heterocycles. The van der Waals surface area contributed by atoms with E-state index >= 15 is 0 Å². The summed E-state index contributed by atoms with van der Waals surface area (Å²) in [6.45, 7) is 3.11. The van der Waals surface area contributed by atoms with Crippen LogP contribution in [0.2, 0.25) is 0 Å². The highest BCUT2D eigenvalue weighted by atomic mass is 16.3. The standard InChI is InChI=1S/C13H19N3O2/c14-12(9-10-1-3-11(17)4-2-10)13(18)16-7-5-15-6-8-16/h1-4,12,15,17H,5-9,14H2/t12-/m1/s1. The highest BCUT2D eigenvalue weighted by Gasteiger charge is 2.22. The minimum atomic E-state index is -0.507. The summed E-state index contributed by atoms with van der Waals surface area (Å²) < 4.78 is 0. The number of phenolic OH excluding ortho intramolecular Hbond substituents is 1. The van der Waals surface area contributed by atoms with Crippen molar-refractivity contribution in [2.45, 2.75) is 12.5 Å². The maximum atomic E-state index is 12.1. The van der Waals surface area contributed by atoms with E-state index in [-0.39, 0.29) is 11.7 Å². The number of amides is 1. The number of carbonyl (C=O) groups excluding carboxylic acids is 1. The third kappa shape index (κ3) is 3.21. The summed E-state index contributed by atoms with van der Waals surface area (Å²) >= 11 is 0. The molecule has 0 aromatic heterocycles. The van der Waals surface area contributed by atoms with Crippen LogP contribution in [0, 0.1) is 0 Å². The van der Waals surface area contributed by atoms with Crippen LogP contribution in [0.4, 0.5) is 0 Å². The maximum Gasteiger partial charge on any atom is 0.239 e. The number of piperazine rings is 1. The van der Waals surface area contributed by atoms with Crippen LogP contribution in [0.3, 0.4) is 0 Å². The summed E-state index contributed by atoms with van der Waals surface area (Å²) in [5.41, 5.74) is 6.91. The molecular formula is C13H19N3O2. The molecule has 0 spiro atoms. The van der Waals surface area contributed by atoms with E-state index in [1.54, 1.807) is 24.3 Å². The number of phenols is 1. The highest BCUT2D eigenvalue weighted by Crippen LogP contribution is 2.11. The first-order chi connectivity index (χ1) is 8.66. The third-order valence-electron chi connectivity index (χ3n) is 3.14. The van der Waals surface area contributed by atoms with E-state index in [2.05, 4.69) is 5.32 Å². The molecule has 1 heterocycles. The van der Waals surface area contributed by atoms with Crippen LogP contribution >= 0.6 is 0 Å². The molecule has 0 aliphatic carbocycles. The first-order valence-electron chi connectivity index (χ1n) is 6.20. The van der Waals surface area contributed by atoms with Crippen LogP contribution in [0.1, 0.15) is 5.56 Å². The maximum absolute atomic E-state index is 12.1. The van der Waals surface area contributed by atoms with Gasteiger partial charge in [-0.05, 0) is 24.1 Å². The number of nitrogens with two attached hydrogens (primary N) is 1. The van der Waals surface area contributed by atoms with E-state index in [1.165, 1.54) is 0 Å². The van der Waals surface area contributed by atoms with Gasteiger partial charge in [0.1, 0.15) is 5.75 Å². The van der Waals surface area contributed by atoms with Crippen molar-refractivity contribution in [2.24, 2.45) is 5.73 Å². The van der Waals surface area contributed by atoms with E-state index in [0.29, 0.717) is 6.42 Å². The molecule has 1 aromatic carbocycles. The molecule has 1 fully saturated rings. The lowest BCUT2D eigenvalue weighted by Crippen LogP contribution is -2.52. The molecule has 0 bridgehead atoms. The van der Waals surface area contributed by atoms with E-state index < -0.39 is 6.04 Å². The second kappa shape index (κ2) is 5.84. The van der Waals surface area contributed by atoms with Gasteiger partial charge in [-0.2, -0.15) is 0 Å². The number of aromatic hydroxyl groups is 1. The van der Waals surface area contributed by atoms with E-state index in [4.69, 9.17) is 5.73 Å². The average Bonchev–Trinajstić information content (AvgIpc) is 2.41. The normalized spacial score (nSPS) is 17.5. The van der Waals surface area contributed by atoms with Gasteiger partial charge in [-0.3, -0.25) is 4.79 Å². The zero-order valence-electron chi connectivity index (χ0n) is 10.3. The van der Waals surface area contributed by atoms with Gasteiger partial charge in [0.2, 0.25) is 5.91 Å². The number of nitrogens with zero attached hydrogens (tertiary/aromatic N) is 1. The van der Waals surface area contributed by atoms with Crippen molar-refractivity contribution >= 4 is 5.91 Å². The van der Waals surface area contributed by atoms with Gasteiger partial charge in [0.15, 0.2) is 0 Å². The quantitative estimate of drug-likeness (QED) is 0.687. The Kier molecular flexibility index (Phi) is 4.17. The molecule has 1 aromatic rings. The van der Waals surface area contributed by atoms with Crippen molar-refractivity contribution in [2.75, 3.05) is 26.2 Å². The lowest BCUT2D eigenvalue weighted by atomic mass is 10.1. The summed E-state index contributed by atoms with van der Waals surface area (Å²) in [5, 5.41) is 12.4. The predicted molar refractivity (Wildman–Crippen MR) is 69.2 cm³/mol. The Labute approximate surface area is 107 Å². The van der Waals surface area contributed by atoms with Crippen molar-refractivity contribution < 1.29 is 9.90 Å². The molecule has 5 nitrogen and oxygen atoms in total. The van der Waals surface area contributed by atoms with E-state index in [0.717, 1.165) is 31.7 Å². The molecular weight excluding hydrogens is 230 g/mol. The van der Waals surface area contributed by atoms with Crippen molar-refractivity contribution in [3.05, 3.63) is 29.8 Å². The molecule has 18 heavy (non-hydrogen) atoms. The summed E-state index contributed by atoms with van der Waals surface area (Å²) in [7, 11) is 0. The SMILES string of the molecule is N[C@H](Cc1ccc(O)cc1)C(=O)N1CCNCC1. The smallest absolute Gasteiger partial charge is 0.239 e. The third-order valence-corrected chi connectivity index (χ3v) is 3.14. The van der Waals surface area contributed by atoms with Gasteiger partial charge in [0.25, 0.3) is 0 Å². The van der Waals surface area contributed by atoms with Gasteiger partial charge < -0.3 is 21.1 Å². The van der Waals surface area contributed by atoms with Crippen molar-refractivity contribution in [3.8, 4) is 5.75 Å². The zero-order chi connectivity index (χ0) is 13.0. The molecule has 1 aliphatic rings. The minimum absolute atomic E-state index is 0.00424. The number of nitrogens with one attached hydrogen (secondary N) is 1. The van der Waals surface area contributed by atoms with Gasteiger partial charge in [-0.15, -0.1) is 0 Å². The van der Waals surface area contributed by atoms with Gasteiger partial charge in [-0.1, -0.05) is 12.1 Å². The number of hydrogen-bond donors (Lipinski definition) is 3. The molecule has 98 valence electrons. The average molecular weight is 249 g/mol. The highest BCUT2D eigenvalue weighted by molar-refractivity contribution is 5.82. The second-order valence-electron chi connectivity index (χ2n) is 4.55. The van der Waals surface area contributed by atoms with Crippen LogP contribution in [0.5, 0.6) is 5.75 Å². The van der Waals surface area contributed by atoms with Crippen LogP contribution in [0.25, 0.3) is 0 Å². The Hall–Kier alpha value is -1.59. The molecule has 1 amide bonds. The molecule has 1 aliphatic heterocycles. The number of rotatable bonds is 3. The van der Waals surface area contributed by atoms with Gasteiger partial charge >= 0.3 is 0 Å². The molecule has 0 radical (unpaired) electrons. The number of carbonyl (C=O) groups is 1. The zero-order valence-corrected chi connectivity index (χ0v) is 10.3. The topological polar surface area (TPSA) is 78.6 Å². The molecule has 0 saturated carbocycles. The van der Waals surface area contributed by atoms with Crippen LogP contribution in [-0.4, -0.2) is 48.1 Å². The molecule has 2 rings (SSSR count). The number of hydrogen-bond acceptors (Lipinski definition) is 4. The van der Waals surface area contributed by atoms with Gasteiger partial charge in [-0.25, -0.2) is 0 Å². The molecule has 4 N–H and O–H groups in total. The van der Waals surface area contributed by atoms with Crippen LogP contribution in [-0.2, 0) is 11.2 Å². The Morgan fingerprint density at radius 3 is 2.56 bits per heavy atom. The van der Waals surface area contributed by atoms with Crippen LogP contribution in [0.15, 0.2) is 24.3 Å². The van der Waals surface area contributed by atoms with Crippen LogP contribution < -0.4 is 11.1 Å². The van der Waals surface area contributed by atoms with Crippen molar-refractivity contribution in [1.29, 1.82) is 0 Å². The lowest BCUT2D eigenvalue weighted by molar-refractivity contribution is -0.133.